The Morgan fingerprint density at radius 3 is 2.59 bits per heavy atom. The van der Waals surface area contributed by atoms with Gasteiger partial charge in [-0.2, -0.15) is 0 Å². The Kier molecular flexibility index (Phi) is 6.58. The Balaban J connectivity index is 1.36. The largest absolute Gasteiger partial charge is 0.387 e. The van der Waals surface area contributed by atoms with Crippen LogP contribution in [-0.4, -0.2) is 80.7 Å². The van der Waals surface area contributed by atoms with Gasteiger partial charge < -0.3 is 20.2 Å². The molecule has 5 rings (SSSR count). The molecule has 0 spiro atoms. The number of aliphatic hydroxyl groups is 1. The molecule has 2 atom stereocenters. The van der Waals surface area contributed by atoms with E-state index < -0.39 is 6.10 Å². The van der Waals surface area contributed by atoms with E-state index in [2.05, 4.69) is 50.0 Å². The second kappa shape index (κ2) is 9.77. The molecule has 9 nitrogen and oxygen atoms in total. The topological polar surface area (TPSA) is 93.5 Å². The second-order valence-electron chi connectivity index (χ2n) is 9.62. The van der Waals surface area contributed by atoms with E-state index in [9.17, 15) is 5.11 Å². The van der Waals surface area contributed by atoms with Gasteiger partial charge in [-0.05, 0) is 51.4 Å². The van der Waals surface area contributed by atoms with E-state index in [1.165, 1.54) is 5.56 Å². The van der Waals surface area contributed by atoms with Crippen LogP contribution >= 0.6 is 0 Å². The summed E-state index contributed by atoms with van der Waals surface area (Å²) in [6.07, 6.45) is 5.33. The molecule has 3 aromatic rings. The van der Waals surface area contributed by atoms with E-state index in [4.69, 9.17) is 9.97 Å². The van der Waals surface area contributed by atoms with Crippen LogP contribution in [0.3, 0.4) is 0 Å². The molecule has 2 aliphatic rings. The first-order valence-corrected chi connectivity index (χ1v) is 12.2. The molecule has 0 radical (unpaired) electrons. The van der Waals surface area contributed by atoms with Crippen LogP contribution < -0.4 is 10.2 Å². The Morgan fingerprint density at radius 2 is 1.91 bits per heavy atom. The van der Waals surface area contributed by atoms with Crippen molar-refractivity contribution in [2.45, 2.75) is 45.4 Å². The third-order valence-corrected chi connectivity index (χ3v) is 6.89. The molecular weight excluding hydrogens is 428 g/mol. The van der Waals surface area contributed by atoms with Gasteiger partial charge in [-0.3, -0.25) is 4.90 Å². The molecule has 0 saturated carbocycles. The lowest BCUT2D eigenvalue weighted by atomic mass is 10.2. The van der Waals surface area contributed by atoms with Crippen LogP contribution in [-0.2, 0) is 6.54 Å². The fourth-order valence-corrected chi connectivity index (χ4v) is 4.74. The molecule has 2 N–H and O–H groups in total. The smallest absolute Gasteiger partial charge is 0.229 e. The van der Waals surface area contributed by atoms with Crippen LogP contribution in [0, 0.1) is 0 Å². The summed E-state index contributed by atoms with van der Waals surface area (Å²) in [4.78, 5) is 25.8. The summed E-state index contributed by atoms with van der Waals surface area (Å²) < 4.78 is 0. The molecule has 0 aromatic carbocycles. The molecule has 3 aromatic heterocycles. The van der Waals surface area contributed by atoms with E-state index in [0.717, 1.165) is 68.8 Å². The lowest BCUT2D eigenvalue weighted by molar-refractivity contribution is 0.148. The lowest BCUT2D eigenvalue weighted by Crippen LogP contribution is -2.43. The lowest BCUT2D eigenvalue weighted by Gasteiger charge is -2.32. The van der Waals surface area contributed by atoms with Gasteiger partial charge in [0.15, 0.2) is 5.82 Å². The van der Waals surface area contributed by atoms with Crippen molar-refractivity contribution in [3.8, 4) is 0 Å². The predicted molar refractivity (Wildman–Crippen MR) is 134 cm³/mol. The highest BCUT2D eigenvalue weighted by molar-refractivity contribution is 5.89. The van der Waals surface area contributed by atoms with Crippen LogP contribution in [0.15, 0.2) is 30.6 Å². The molecule has 2 aliphatic heterocycles. The van der Waals surface area contributed by atoms with Crippen molar-refractivity contribution in [1.29, 1.82) is 0 Å². The van der Waals surface area contributed by atoms with Gasteiger partial charge in [0.25, 0.3) is 0 Å². The highest BCUT2D eigenvalue weighted by Crippen LogP contribution is 2.32. The molecule has 9 heteroatoms. The number of nitrogens with one attached hydrogen (secondary N) is 1. The first-order valence-electron chi connectivity index (χ1n) is 12.2. The SMILES string of the molecule is CC(O)c1cc2cnc(Nc3ccc(CN4CCN(C)CC4)cn3)nc2c(N2CCC[C@H]2C)n1. The summed E-state index contributed by atoms with van der Waals surface area (Å²) in [5.41, 5.74) is 2.64. The van der Waals surface area contributed by atoms with Crippen molar-refractivity contribution < 1.29 is 5.11 Å². The normalized spacial score (nSPS) is 20.7. The molecule has 2 saturated heterocycles. The van der Waals surface area contributed by atoms with Crippen molar-refractivity contribution in [3.05, 3.63) is 41.9 Å². The first kappa shape index (κ1) is 22.9. The minimum absolute atomic E-state index is 0.390. The van der Waals surface area contributed by atoms with Gasteiger partial charge in [0.2, 0.25) is 5.95 Å². The maximum atomic E-state index is 10.2. The summed E-state index contributed by atoms with van der Waals surface area (Å²) in [5.74, 6) is 2.02. The summed E-state index contributed by atoms with van der Waals surface area (Å²) in [6, 6.07) is 6.36. The van der Waals surface area contributed by atoms with Crippen LogP contribution in [0.25, 0.3) is 10.9 Å². The number of likely N-dealkylation sites (N-methyl/N-ethyl adjacent to an activating group) is 1. The predicted octanol–water partition coefficient (Wildman–Crippen LogP) is 2.95. The Morgan fingerprint density at radius 1 is 1.09 bits per heavy atom. The number of rotatable bonds is 6. The van der Waals surface area contributed by atoms with Gasteiger partial charge in [0.1, 0.15) is 11.3 Å². The van der Waals surface area contributed by atoms with Gasteiger partial charge in [-0.25, -0.2) is 19.9 Å². The molecule has 0 amide bonds. The quantitative estimate of drug-likeness (QED) is 0.573. The average molecular weight is 463 g/mol. The van der Waals surface area contributed by atoms with Crippen LogP contribution in [0.4, 0.5) is 17.6 Å². The zero-order valence-corrected chi connectivity index (χ0v) is 20.3. The van der Waals surface area contributed by atoms with Crippen molar-refractivity contribution in [1.82, 2.24) is 29.7 Å². The average Bonchev–Trinajstić information content (AvgIpc) is 3.26. The Labute approximate surface area is 200 Å². The third kappa shape index (κ3) is 4.96. The Bertz CT molecular complexity index is 1130. The second-order valence-corrected chi connectivity index (χ2v) is 9.62. The number of aromatic nitrogens is 4. The number of pyridine rings is 2. The van der Waals surface area contributed by atoms with Crippen molar-refractivity contribution in [3.63, 3.8) is 0 Å². The monoisotopic (exact) mass is 462 g/mol. The number of fused-ring (bicyclic) bond motifs is 1. The molecule has 180 valence electrons. The number of anilines is 3. The summed E-state index contributed by atoms with van der Waals surface area (Å²) in [6.45, 7) is 10.2. The zero-order chi connectivity index (χ0) is 23.7. The number of piperazine rings is 1. The van der Waals surface area contributed by atoms with E-state index in [-0.39, 0.29) is 0 Å². The van der Waals surface area contributed by atoms with Crippen LogP contribution in [0.5, 0.6) is 0 Å². The fraction of sp³-hybridized carbons (Fsp3) is 0.520. The number of nitrogens with zero attached hydrogens (tertiary/aromatic N) is 7. The van der Waals surface area contributed by atoms with E-state index in [1.54, 1.807) is 13.1 Å². The Hall–Kier alpha value is -2.88. The van der Waals surface area contributed by atoms with Crippen molar-refractivity contribution >= 4 is 28.5 Å². The molecule has 2 fully saturated rings. The summed E-state index contributed by atoms with van der Waals surface area (Å²) in [7, 11) is 2.17. The highest BCUT2D eigenvalue weighted by Gasteiger charge is 2.25. The number of aliphatic hydroxyl groups excluding tert-OH is 1. The molecular formula is C25H34N8O. The standard InChI is InChI=1S/C25H34N8O/c1-17-5-4-8-33(17)24-23-20(13-21(28-24)18(2)34)15-27-25(30-23)29-22-7-6-19(14-26-22)16-32-11-9-31(3)10-12-32/h6-7,13-15,17-18,34H,4-5,8-12,16H2,1-3H3,(H,26,27,29,30)/t17-,18?/m1/s1. The van der Waals surface area contributed by atoms with Crippen LogP contribution in [0.1, 0.15) is 44.1 Å². The summed E-state index contributed by atoms with van der Waals surface area (Å²) >= 11 is 0. The number of hydrogen-bond donors (Lipinski definition) is 2. The van der Waals surface area contributed by atoms with Gasteiger partial charge in [0, 0.05) is 63.1 Å². The van der Waals surface area contributed by atoms with Crippen molar-refractivity contribution in [2.75, 3.05) is 50.0 Å². The highest BCUT2D eigenvalue weighted by atomic mass is 16.3. The van der Waals surface area contributed by atoms with E-state index in [0.29, 0.717) is 23.5 Å². The van der Waals surface area contributed by atoms with E-state index >= 15 is 0 Å². The summed E-state index contributed by atoms with van der Waals surface area (Å²) in [5, 5.41) is 14.3. The molecule has 5 heterocycles. The van der Waals surface area contributed by atoms with E-state index in [1.807, 2.05) is 18.3 Å². The van der Waals surface area contributed by atoms with Crippen LogP contribution in [0.2, 0.25) is 0 Å². The molecule has 34 heavy (non-hydrogen) atoms. The molecule has 0 aliphatic carbocycles. The van der Waals surface area contributed by atoms with Crippen molar-refractivity contribution in [2.24, 2.45) is 0 Å². The van der Waals surface area contributed by atoms with Gasteiger partial charge in [-0.15, -0.1) is 0 Å². The number of hydrogen-bond acceptors (Lipinski definition) is 9. The third-order valence-electron chi connectivity index (χ3n) is 6.89. The van der Waals surface area contributed by atoms with Gasteiger partial charge >= 0.3 is 0 Å². The van der Waals surface area contributed by atoms with Gasteiger partial charge in [0.05, 0.1) is 11.8 Å². The fourth-order valence-electron chi connectivity index (χ4n) is 4.74. The molecule has 0 bridgehead atoms. The minimum atomic E-state index is -0.646. The molecule has 1 unspecified atom stereocenters. The maximum Gasteiger partial charge on any atom is 0.229 e. The van der Waals surface area contributed by atoms with Gasteiger partial charge in [-0.1, -0.05) is 6.07 Å². The first-order chi connectivity index (χ1) is 16.5. The zero-order valence-electron chi connectivity index (χ0n) is 20.3. The maximum absolute atomic E-state index is 10.2. The minimum Gasteiger partial charge on any atom is -0.387 e.